The molecule has 0 unspecified atom stereocenters. The van der Waals surface area contributed by atoms with Crippen molar-refractivity contribution in [1.82, 2.24) is 0 Å². The van der Waals surface area contributed by atoms with E-state index in [0.29, 0.717) is 18.1 Å². The zero-order valence-corrected chi connectivity index (χ0v) is 16.0. The highest BCUT2D eigenvalue weighted by molar-refractivity contribution is 6.05. The van der Waals surface area contributed by atoms with Crippen LogP contribution in [-0.4, -0.2) is 6.61 Å². The molecule has 3 aromatic rings. The Labute approximate surface area is 162 Å². The first-order valence-corrected chi connectivity index (χ1v) is 9.82. The van der Waals surface area contributed by atoms with Gasteiger partial charge in [0.15, 0.2) is 23.2 Å². The van der Waals surface area contributed by atoms with Crippen molar-refractivity contribution >= 4 is 21.9 Å². The molecule has 1 aromatic heterocycles. The fourth-order valence-corrected chi connectivity index (χ4v) is 4.34. The highest BCUT2D eigenvalue weighted by atomic mass is 19.2. The van der Waals surface area contributed by atoms with Crippen LogP contribution in [0.15, 0.2) is 34.8 Å². The first kappa shape index (κ1) is 18.9. The fraction of sp³-hybridized carbons (Fsp3) is 0.391. The van der Waals surface area contributed by atoms with Gasteiger partial charge >= 0.3 is 0 Å². The molecule has 2 aromatic carbocycles. The number of fused-ring (bicyclic) bond motifs is 3. The molecule has 1 aliphatic carbocycles. The zero-order chi connectivity index (χ0) is 19.8. The number of benzene rings is 2. The zero-order valence-electron chi connectivity index (χ0n) is 16.0. The lowest BCUT2D eigenvalue weighted by molar-refractivity contribution is 0.322. The summed E-state index contributed by atoms with van der Waals surface area (Å²) in [5.74, 6) is -1.93. The van der Waals surface area contributed by atoms with Gasteiger partial charge in [-0.2, -0.15) is 0 Å². The van der Waals surface area contributed by atoms with Gasteiger partial charge in [-0.25, -0.2) is 13.2 Å². The van der Waals surface area contributed by atoms with Crippen LogP contribution in [-0.2, 0) is 0 Å². The van der Waals surface area contributed by atoms with E-state index in [4.69, 9.17) is 9.15 Å². The van der Waals surface area contributed by atoms with Crippen molar-refractivity contribution in [3.63, 3.8) is 0 Å². The summed E-state index contributed by atoms with van der Waals surface area (Å²) in [4.78, 5) is 0. The first-order chi connectivity index (χ1) is 13.5. The molecule has 0 bridgehead atoms. The number of furan rings is 1. The monoisotopic (exact) mass is 388 g/mol. The van der Waals surface area contributed by atoms with E-state index in [1.54, 1.807) is 13.0 Å². The molecule has 5 heteroatoms. The van der Waals surface area contributed by atoms with E-state index in [9.17, 15) is 13.2 Å². The van der Waals surface area contributed by atoms with Crippen molar-refractivity contribution in [1.29, 1.82) is 0 Å². The van der Waals surface area contributed by atoms with Gasteiger partial charge in [0.1, 0.15) is 11.2 Å². The molecule has 28 heavy (non-hydrogen) atoms. The average molecular weight is 388 g/mol. The maximum absolute atomic E-state index is 15.0. The Morgan fingerprint density at radius 2 is 1.79 bits per heavy atom. The molecule has 0 aliphatic heterocycles. The van der Waals surface area contributed by atoms with E-state index < -0.39 is 17.5 Å². The number of hydrogen-bond donors (Lipinski definition) is 0. The predicted molar refractivity (Wildman–Crippen MR) is 104 cm³/mol. The van der Waals surface area contributed by atoms with Crippen LogP contribution >= 0.6 is 0 Å². The minimum absolute atomic E-state index is 0.0131. The second-order valence-electron chi connectivity index (χ2n) is 7.42. The van der Waals surface area contributed by atoms with E-state index in [1.165, 1.54) is 6.07 Å². The molecule has 1 heterocycles. The highest BCUT2D eigenvalue weighted by Crippen LogP contribution is 2.42. The minimum Gasteiger partial charge on any atom is -0.491 e. The van der Waals surface area contributed by atoms with Crippen LogP contribution in [0.3, 0.4) is 0 Å². The number of hydrogen-bond acceptors (Lipinski definition) is 2. The Balaban J connectivity index is 1.78. The van der Waals surface area contributed by atoms with Gasteiger partial charge in [-0.1, -0.05) is 12.2 Å². The van der Waals surface area contributed by atoms with E-state index in [0.717, 1.165) is 31.7 Å². The molecule has 0 N–H and O–H groups in total. The Hall–Kier alpha value is -2.43. The maximum atomic E-state index is 15.0. The summed E-state index contributed by atoms with van der Waals surface area (Å²) in [6.45, 7) is 4.04. The van der Waals surface area contributed by atoms with Crippen molar-refractivity contribution in [2.24, 2.45) is 5.92 Å². The highest BCUT2D eigenvalue weighted by Gasteiger charge is 2.27. The quantitative estimate of drug-likeness (QED) is 0.439. The van der Waals surface area contributed by atoms with Crippen LogP contribution in [0.1, 0.15) is 51.0 Å². The van der Waals surface area contributed by atoms with Gasteiger partial charge in [-0.15, -0.1) is 0 Å². The average Bonchev–Trinajstić information content (AvgIpc) is 3.03. The van der Waals surface area contributed by atoms with E-state index in [2.05, 4.69) is 6.08 Å². The first-order valence-electron chi connectivity index (χ1n) is 9.82. The summed E-state index contributed by atoms with van der Waals surface area (Å²) in [5.41, 5.74) is 0.883. The topological polar surface area (TPSA) is 22.4 Å². The van der Waals surface area contributed by atoms with Crippen LogP contribution in [0.25, 0.3) is 21.9 Å². The van der Waals surface area contributed by atoms with Gasteiger partial charge in [-0.05, 0) is 69.1 Å². The molecule has 4 rings (SSSR count). The second-order valence-corrected chi connectivity index (χ2v) is 7.42. The van der Waals surface area contributed by atoms with Gasteiger partial charge in [0.05, 0.1) is 12.0 Å². The third-order valence-corrected chi connectivity index (χ3v) is 5.70. The maximum Gasteiger partial charge on any atom is 0.170 e. The van der Waals surface area contributed by atoms with Gasteiger partial charge in [0, 0.05) is 11.5 Å². The number of rotatable bonds is 4. The largest absolute Gasteiger partial charge is 0.491 e. The third-order valence-electron chi connectivity index (χ3n) is 5.70. The number of ether oxygens (including phenoxy) is 1. The van der Waals surface area contributed by atoms with Crippen molar-refractivity contribution in [2.75, 3.05) is 6.61 Å². The van der Waals surface area contributed by atoms with Crippen LogP contribution < -0.4 is 4.74 Å². The number of allylic oxidation sites excluding steroid dienone is 2. The summed E-state index contributed by atoms with van der Waals surface area (Å²) < 4.78 is 55.1. The molecule has 0 radical (unpaired) electrons. The Morgan fingerprint density at radius 1 is 1.04 bits per heavy atom. The summed E-state index contributed by atoms with van der Waals surface area (Å²) in [6.07, 6.45) is 7.75. The van der Waals surface area contributed by atoms with Crippen LogP contribution in [0.5, 0.6) is 5.75 Å². The molecular weight excluding hydrogens is 365 g/mol. The molecular formula is C23H23F3O2. The summed E-state index contributed by atoms with van der Waals surface area (Å²) in [5, 5.41) is 0.205. The Bertz CT molecular complexity index is 1040. The smallest absolute Gasteiger partial charge is 0.170 e. The molecule has 0 atom stereocenters. The van der Waals surface area contributed by atoms with Crippen molar-refractivity contribution < 1.29 is 22.3 Å². The SMILES string of the molecule is C/C=C/C1CCC(c2cc3oc4cc(OCC)c(F)cc4c3c(F)c2F)CC1. The van der Waals surface area contributed by atoms with Crippen molar-refractivity contribution in [3.8, 4) is 5.75 Å². The van der Waals surface area contributed by atoms with Gasteiger partial charge in [0.25, 0.3) is 0 Å². The molecule has 2 nitrogen and oxygen atoms in total. The minimum atomic E-state index is -0.967. The van der Waals surface area contributed by atoms with Crippen molar-refractivity contribution in [3.05, 3.63) is 53.4 Å². The van der Waals surface area contributed by atoms with Gasteiger partial charge < -0.3 is 9.15 Å². The lowest BCUT2D eigenvalue weighted by Gasteiger charge is -2.27. The normalized spacial score (nSPS) is 20.5. The van der Waals surface area contributed by atoms with Crippen LogP contribution in [0.2, 0.25) is 0 Å². The lowest BCUT2D eigenvalue weighted by Crippen LogP contribution is -2.13. The summed E-state index contributed by atoms with van der Waals surface area (Å²) in [7, 11) is 0. The third kappa shape index (κ3) is 3.17. The standard InChI is InChI=1S/C23H23F3O2/c1-3-5-13-6-8-14(9-7-13)15-11-20-21(23(26)22(15)25)16-10-17(24)19(27-4-2)12-18(16)28-20/h3,5,10-14H,4,6-9H2,1-2H3/b5-3+. The Kier molecular flexibility index (Phi) is 5.09. The van der Waals surface area contributed by atoms with Crippen molar-refractivity contribution in [2.45, 2.75) is 45.4 Å². The molecule has 0 spiro atoms. The molecule has 0 saturated heterocycles. The second kappa shape index (κ2) is 7.53. The number of halogens is 3. The van der Waals surface area contributed by atoms with E-state index in [1.807, 2.05) is 13.0 Å². The molecule has 1 saturated carbocycles. The van der Waals surface area contributed by atoms with Crippen LogP contribution in [0.4, 0.5) is 13.2 Å². The lowest BCUT2D eigenvalue weighted by atomic mass is 9.78. The fourth-order valence-electron chi connectivity index (χ4n) is 4.34. The predicted octanol–water partition coefficient (Wildman–Crippen LogP) is 7.25. The van der Waals surface area contributed by atoms with Gasteiger partial charge in [0.2, 0.25) is 0 Å². The van der Waals surface area contributed by atoms with E-state index >= 15 is 0 Å². The molecule has 0 amide bonds. The van der Waals surface area contributed by atoms with Gasteiger partial charge in [-0.3, -0.25) is 0 Å². The van der Waals surface area contributed by atoms with Crippen LogP contribution in [0, 0.1) is 23.4 Å². The molecule has 1 fully saturated rings. The molecule has 148 valence electrons. The molecule has 1 aliphatic rings. The Morgan fingerprint density at radius 3 is 2.46 bits per heavy atom. The van der Waals surface area contributed by atoms with E-state index in [-0.39, 0.29) is 33.6 Å². The summed E-state index contributed by atoms with van der Waals surface area (Å²) in [6, 6.07) is 4.14. The summed E-state index contributed by atoms with van der Waals surface area (Å²) >= 11 is 0.